The van der Waals surface area contributed by atoms with Gasteiger partial charge in [-0.15, -0.1) is 0 Å². The summed E-state index contributed by atoms with van der Waals surface area (Å²) in [6.07, 6.45) is 2.20. The minimum Gasteiger partial charge on any atom is -0.397 e. The molecule has 0 aliphatic rings. The van der Waals surface area contributed by atoms with Crippen molar-refractivity contribution in [3.05, 3.63) is 23.2 Å². The number of nitrogens with two attached hydrogens (primary N) is 1. The van der Waals surface area contributed by atoms with Gasteiger partial charge in [-0.2, -0.15) is 0 Å². The third-order valence-corrected chi connectivity index (χ3v) is 4.31. The molecule has 4 nitrogen and oxygen atoms in total. The van der Waals surface area contributed by atoms with Crippen molar-refractivity contribution in [3.63, 3.8) is 0 Å². The van der Waals surface area contributed by atoms with Gasteiger partial charge in [-0.25, -0.2) is 0 Å². The molecule has 0 aliphatic carbocycles. The monoisotopic (exact) mass is 302 g/mol. The van der Waals surface area contributed by atoms with E-state index in [0.717, 1.165) is 12.8 Å². The number of amides is 1. The largest absolute Gasteiger partial charge is 0.397 e. The molecule has 0 saturated heterocycles. The molecule has 106 valence electrons. The Hall–Kier alpha value is -1.07. The van der Waals surface area contributed by atoms with Gasteiger partial charge in [0.15, 0.2) is 0 Å². The molecule has 0 saturated carbocycles. The van der Waals surface area contributed by atoms with Crippen molar-refractivity contribution < 1.29 is 9.00 Å². The van der Waals surface area contributed by atoms with E-state index >= 15 is 0 Å². The van der Waals surface area contributed by atoms with E-state index in [0.29, 0.717) is 27.9 Å². The molecule has 3 N–H and O–H groups in total. The van der Waals surface area contributed by atoms with Gasteiger partial charge in [-0.3, -0.25) is 9.00 Å². The first-order valence-corrected chi connectivity index (χ1v) is 8.09. The summed E-state index contributed by atoms with van der Waals surface area (Å²) in [5.74, 6) is 0.901. The van der Waals surface area contributed by atoms with Gasteiger partial charge in [0.1, 0.15) is 0 Å². The summed E-state index contributed by atoms with van der Waals surface area (Å²) in [5.41, 5.74) is 6.67. The van der Waals surface area contributed by atoms with Gasteiger partial charge < -0.3 is 11.1 Å². The van der Waals surface area contributed by atoms with Crippen LogP contribution >= 0.6 is 11.6 Å². The van der Waals surface area contributed by atoms with E-state index in [1.54, 1.807) is 18.2 Å². The van der Waals surface area contributed by atoms with Crippen LogP contribution in [-0.4, -0.2) is 21.6 Å². The number of halogens is 1. The van der Waals surface area contributed by atoms with Crippen LogP contribution in [0.5, 0.6) is 0 Å². The van der Waals surface area contributed by atoms with Crippen molar-refractivity contribution in [2.24, 2.45) is 0 Å². The second-order valence-corrected chi connectivity index (χ2v) is 6.34. The third-order valence-electron chi connectivity index (χ3n) is 2.56. The maximum Gasteiger partial charge on any atom is 0.225 e. The molecule has 6 heteroatoms. The first kappa shape index (κ1) is 16.0. The molecular weight excluding hydrogens is 284 g/mol. The summed E-state index contributed by atoms with van der Waals surface area (Å²) in [5, 5.41) is 3.17. The number of anilines is 2. The highest BCUT2D eigenvalue weighted by Gasteiger charge is 2.07. The first-order chi connectivity index (χ1) is 9.02. The highest BCUT2D eigenvalue weighted by molar-refractivity contribution is 7.84. The first-order valence-electron chi connectivity index (χ1n) is 6.22. The van der Waals surface area contributed by atoms with Gasteiger partial charge in [0, 0.05) is 34.4 Å². The van der Waals surface area contributed by atoms with E-state index in [-0.39, 0.29) is 12.3 Å². The van der Waals surface area contributed by atoms with Gasteiger partial charge in [0.05, 0.1) is 10.7 Å². The number of nitrogen functional groups attached to an aromatic ring is 1. The van der Waals surface area contributed by atoms with Gasteiger partial charge in [-0.05, 0) is 24.6 Å². The molecule has 1 rings (SSSR count). The van der Waals surface area contributed by atoms with Crippen LogP contribution in [0.2, 0.25) is 5.02 Å². The van der Waals surface area contributed by atoms with Crippen molar-refractivity contribution in [1.29, 1.82) is 0 Å². The average molecular weight is 303 g/mol. The molecule has 1 aromatic carbocycles. The SMILES string of the molecule is CCCCS(=O)CCC(=O)Nc1ccc(Cl)c(N)c1. The highest BCUT2D eigenvalue weighted by Crippen LogP contribution is 2.22. The number of unbranched alkanes of at least 4 members (excludes halogenated alkanes) is 1. The zero-order valence-electron chi connectivity index (χ0n) is 10.9. The van der Waals surface area contributed by atoms with Gasteiger partial charge in [-0.1, -0.05) is 24.9 Å². The molecule has 0 aromatic heterocycles. The Balaban J connectivity index is 2.38. The summed E-state index contributed by atoms with van der Waals surface area (Å²) in [7, 11) is -0.913. The van der Waals surface area contributed by atoms with E-state index in [2.05, 4.69) is 12.2 Å². The minimum absolute atomic E-state index is 0.161. The number of rotatable bonds is 7. The summed E-state index contributed by atoms with van der Waals surface area (Å²) < 4.78 is 11.6. The Morgan fingerprint density at radius 1 is 1.42 bits per heavy atom. The molecule has 0 heterocycles. The Bertz CT molecular complexity index is 466. The molecule has 1 atom stereocenters. The zero-order valence-corrected chi connectivity index (χ0v) is 12.5. The topological polar surface area (TPSA) is 72.2 Å². The van der Waals surface area contributed by atoms with Crippen molar-refractivity contribution in [2.75, 3.05) is 22.6 Å². The standard InChI is InChI=1S/C13H19ClN2O2S/c1-2-3-7-19(18)8-6-13(17)16-10-4-5-11(14)12(15)9-10/h4-5,9H,2-3,6-8,15H2,1H3,(H,16,17). The van der Waals surface area contributed by atoms with E-state index < -0.39 is 10.8 Å². The van der Waals surface area contributed by atoms with Crippen LogP contribution in [0.3, 0.4) is 0 Å². The fourth-order valence-electron chi connectivity index (χ4n) is 1.46. The van der Waals surface area contributed by atoms with Crippen molar-refractivity contribution in [1.82, 2.24) is 0 Å². The predicted molar refractivity (Wildman–Crippen MR) is 81.9 cm³/mol. The Morgan fingerprint density at radius 3 is 2.79 bits per heavy atom. The molecule has 0 fully saturated rings. The number of carbonyl (C=O) groups excluding carboxylic acids is 1. The maximum atomic E-state index is 11.7. The quantitative estimate of drug-likeness (QED) is 0.761. The molecule has 0 radical (unpaired) electrons. The van der Waals surface area contributed by atoms with Crippen LogP contribution < -0.4 is 11.1 Å². The van der Waals surface area contributed by atoms with Crippen LogP contribution in [0.4, 0.5) is 11.4 Å². The molecule has 1 aromatic rings. The molecule has 0 bridgehead atoms. The summed E-state index contributed by atoms with van der Waals surface area (Å²) in [6.45, 7) is 2.05. The fraction of sp³-hybridized carbons (Fsp3) is 0.462. The van der Waals surface area contributed by atoms with Gasteiger partial charge >= 0.3 is 0 Å². The second-order valence-electron chi connectivity index (χ2n) is 4.24. The number of benzene rings is 1. The van der Waals surface area contributed by atoms with Crippen molar-refractivity contribution in [2.45, 2.75) is 26.2 Å². The number of hydrogen-bond acceptors (Lipinski definition) is 3. The van der Waals surface area contributed by atoms with E-state index in [1.165, 1.54) is 0 Å². The lowest BCUT2D eigenvalue weighted by Crippen LogP contribution is -2.15. The van der Waals surface area contributed by atoms with E-state index in [9.17, 15) is 9.00 Å². The number of nitrogens with one attached hydrogen (secondary N) is 1. The van der Waals surface area contributed by atoms with Crippen LogP contribution in [-0.2, 0) is 15.6 Å². The minimum atomic E-state index is -0.913. The normalized spacial score (nSPS) is 12.1. The lowest BCUT2D eigenvalue weighted by Gasteiger charge is -2.07. The molecule has 0 spiro atoms. The summed E-state index contributed by atoms with van der Waals surface area (Å²) in [4.78, 5) is 11.7. The lowest BCUT2D eigenvalue weighted by molar-refractivity contribution is -0.115. The van der Waals surface area contributed by atoms with Crippen LogP contribution in [0.15, 0.2) is 18.2 Å². The maximum absolute atomic E-state index is 11.7. The predicted octanol–water partition coefficient (Wildman–Crippen LogP) is 2.80. The molecular formula is C13H19ClN2O2S. The molecule has 19 heavy (non-hydrogen) atoms. The average Bonchev–Trinajstić information content (AvgIpc) is 2.38. The summed E-state index contributed by atoms with van der Waals surface area (Å²) >= 11 is 5.79. The summed E-state index contributed by atoms with van der Waals surface area (Å²) in [6, 6.07) is 4.92. The molecule has 1 amide bonds. The second kappa shape index (κ2) is 8.17. The third kappa shape index (κ3) is 6.07. The lowest BCUT2D eigenvalue weighted by atomic mass is 10.2. The zero-order chi connectivity index (χ0) is 14.3. The van der Waals surface area contributed by atoms with Crippen molar-refractivity contribution >= 4 is 39.7 Å². The smallest absolute Gasteiger partial charge is 0.225 e. The van der Waals surface area contributed by atoms with E-state index in [4.69, 9.17) is 17.3 Å². The van der Waals surface area contributed by atoms with E-state index in [1.807, 2.05) is 0 Å². The Kier molecular flexibility index (Phi) is 6.87. The van der Waals surface area contributed by atoms with Gasteiger partial charge in [0.2, 0.25) is 5.91 Å². The highest BCUT2D eigenvalue weighted by atomic mass is 35.5. The van der Waals surface area contributed by atoms with Crippen LogP contribution in [0.25, 0.3) is 0 Å². The fourth-order valence-corrected chi connectivity index (χ4v) is 2.80. The Morgan fingerprint density at radius 2 is 2.16 bits per heavy atom. The molecule has 1 unspecified atom stereocenters. The number of carbonyl (C=O) groups is 1. The number of hydrogen-bond donors (Lipinski definition) is 2. The molecule has 0 aliphatic heterocycles. The van der Waals surface area contributed by atoms with Crippen LogP contribution in [0.1, 0.15) is 26.2 Å². The van der Waals surface area contributed by atoms with Crippen molar-refractivity contribution in [3.8, 4) is 0 Å². The Labute approximate surface area is 121 Å². The van der Waals surface area contributed by atoms with Gasteiger partial charge in [0.25, 0.3) is 0 Å². The van der Waals surface area contributed by atoms with Crippen LogP contribution in [0, 0.1) is 0 Å².